The van der Waals surface area contributed by atoms with Gasteiger partial charge in [0, 0.05) is 0 Å². The third-order valence-electron chi connectivity index (χ3n) is 2.79. The first kappa shape index (κ1) is 20.0. The van der Waals surface area contributed by atoms with Gasteiger partial charge in [0.15, 0.2) is 0 Å². The SMILES string of the molecule is CC.CS.Fc1ccc(-n2ncc3nc(C(F)(F)F)ccc32)cc1. The van der Waals surface area contributed by atoms with Crippen molar-refractivity contribution in [3.05, 3.63) is 54.1 Å². The van der Waals surface area contributed by atoms with Gasteiger partial charge in [-0.05, 0) is 42.7 Å². The van der Waals surface area contributed by atoms with Crippen molar-refractivity contribution in [1.82, 2.24) is 14.8 Å². The molecule has 24 heavy (non-hydrogen) atoms. The Bertz CT molecular complexity index is 767. The number of nitrogens with zero attached hydrogens (tertiary/aromatic N) is 3. The fraction of sp³-hybridized carbons (Fsp3) is 0.250. The molecule has 8 heteroatoms. The number of benzene rings is 1. The lowest BCUT2D eigenvalue weighted by Crippen LogP contribution is -2.07. The van der Waals surface area contributed by atoms with E-state index in [0.29, 0.717) is 11.2 Å². The molecule has 2 heterocycles. The fourth-order valence-corrected chi connectivity index (χ4v) is 1.86. The molecule has 0 fully saturated rings. The molecule has 2 aromatic heterocycles. The van der Waals surface area contributed by atoms with Gasteiger partial charge in [0.1, 0.15) is 17.0 Å². The summed E-state index contributed by atoms with van der Waals surface area (Å²) in [5.41, 5.74) is 0.125. The average Bonchev–Trinajstić information content (AvgIpc) is 3.02. The maximum absolute atomic E-state index is 12.9. The highest BCUT2D eigenvalue weighted by Gasteiger charge is 2.32. The zero-order chi connectivity index (χ0) is 18.3. The minimum atomic E-state index is -4.49. The van der Waals surface area contributed by atoms with Gasteiger partial charge in [-0.15, -0.1) is 0 Å². The van der Waals surface area contributed by atoms with E-state index in [0.717, 1.165) is 6.07 Å². The standard InChI is InChI=1S/C13H7F4N3.C2H6.CH4S/c14-8-1-3-9(4-2-8)20-11-5-6-12(13(15,16)17)19-10(11)7-18-20;2*1-2/h1-7H;1-2H3;2H,1H3. The van der Waals surface area contributed by atoms with E-state index in [9.17, 15) is 17.6 Å². The zero-order valence-corrected chi connectivity index (χ0v) is 14.2. The van der Waals surface area contributed by atoms with Crippen molar-refractivity contribution in [1.29, 1.82) is 0 Å². The fourth-order valence-electron chi connectivity index (χ4n) is 1.86. The van der Waals surface area contributed by atoms with Crippen LogP contribution in [0.1, 0.15) is 19.5 Å². The smallest absolute Gasteiger partial charge is 0.240 e. The Morgan fingerprint density at radius 2 is 1.54 bits per heavy atom. The van der Waals surface area contributed by atoms with Crippen molar-refractivity contribution in [3.63, 3.8) is 0 Å². The molecule has 3 nitrogen and oxygen atoms in total. The Morgan fingerprint density at radius 3 is 2.08 bits per heavy atom. The van der Waals surface area contributed by atoms with Crippen molar-refractivity contribution in [2.75, 3.05) is 6.26 Å². The third kappa shape index (κ3) is 4.47. The summed E-state index contributed by atoms with van der Waals surface area (Å²) in [6, 6.07) is 7.66. The number of fused-ring (bicyclic) bond motifs is 1. The predicted octanol–water partition coefficient (Wildman–Crippen LogP) is 5.15. The highest BCUT2D eigenvalue weighted by atomic mass is 32.1. The van der Waals surface area contributed by atoms with E-state index in [4.69, 9.17) is 0 Å². The summed E-state index contributed by atoms with van der Waals surface area (Å²) in [6.45, 7) is 4.00. The van der Waals surface area contributed by atoms with Crippen LogP contribution in [0.25, 0.3) is 16.7 Å². The van der Waals surface area contributed by atoms with Crippen molar-refractivity contribution >= 4 is 23.7 Å². The summed E-state index contributed by atoms with van der Waals surface area (Å²) in [5.74, 6) is -0.400. The van der Waals surface area contributed by atoms with Gasteiger partial charge in [0.25, 0.3) is 0 Å². The second kappa shape index (κ2) is 8.68. The summed E-state index contributed by atoms with van der Waals surface area (Å²) < 4.78 is 51.9. The molecule has 0 saturated carbocycles. The van der Waals surface area contributed by atoms with E-state index in [1.165, 1.54) is 41.2 Å². The first-order chi connectivity index (χ1) is 11.4. The summed E-state index contributed by atoms with van der Waals surface area (Å²) in [7, 11) is 0. The van der Waals surface area contributed by atoms with Crippen LogP contribution in [0, 0.1) is 5.82 Å². The van der Waals surface area contributed by atoms with Crippen LogP contribution in [-0.4, -0.2) is 21.0 Å². The molecule has 0 aliphatic rings. The second-order valence-electron chi connectivity index (χ2n) is 4.13. The predicted molar refractivity (Wildman–Crippen MR) is 90.1 cm³/mol. The van der Waals surface area contributed by atoms with Gasteiger partial charge >= 0.3 is 6.18 Å². The molecular weight excluding hydrogens is 342 g/mol. The van der Waals surface area contributed by atoms with Crippen LogP contribution in [0.15, 0.2) is 42.6 Å². The highest BCUT2D eigenvalue weighted by Crippen LogP contribution is 2.29. The maximum atomic E-state index is 12.9. The first-order valence-electron chi connectivity index (χ1n) is 7.08. The zero-order valence-electron chi connectivity index (χ0n) is 13.3. The molecular formula is C16H17F4N3S. The number of rotatable bonds is 1. The minimum absolute atomic E-state index is 0.129. The molecule has 0 N–H and O–H groups in total. The highest BCUT2D eigenvalue weighted by molar-refractivity contribution is 7.79. The molecule has 0 aliphatic carbocycles. The van der Waals surface area contributed by atoms with Gasteiger partial charge < -0.3 is 0 Å². The van der Waals surface area contributed by atoms with Crippen LogP contribution in [0.5, 0.6) is 0 Å². The Balaban J connectivity index is 0.000000671. The largest absolute Gasteiger partial charge is 0.433 e. The summed E-state index contributed by atoms with van der Waals surface area (Å²) in [4.78, 5) is 3.53. The molecule has 0 saturated heterocycles. The topological polar surface area (TPSA) is 30.7 Å². The average molecular weight is 359 g/mol. The van der Waals surface area contributed by atoms with Crippen LogP contribution in [-0.2, 0) is 6.18 Å². The van der Waals surface area contributed by atoms with E-state index in [1.807, 2.05) is 13.8 Å². The van der Waals surface area contributed by atoms with E-state index < -0.39 is 17.7 Å². The summed E-state index contributed by atoms with van der Waals surface area (Å²) >= 11 is 3.53. The molecule has 0 amide bonds. The van der Waals surface area contributed by atoms with Crippen LogP contribution < -0.4 is 0 Å². The Hall–Kier alpha value is -2.09. The van der Waals surface area contributed by atoms with Crippen molar-refractivity contribution in [3.8, 4) is 5.69 Å². The van der Waals surface area contributed by atoms with Gasteiger partial charge in [-0.3, -0.25) is 0 Å². The van der Waals surface area contributed by atoms with Gasteiger partial charge in [-0.25, -0.2) is 14.1 Å². The van der Waals surface area contributed by atoms with E-state index in [2.05, 4.69) is 22.7 Å². The number of aromatic nitrogens is 3. The van der Waals surface area contributed by atoms with Crippen LogP contribution >= 0.6 is 12.6 Å². The number of pyridine rings is 1. The summed E-state index contributed by atoms with van der Waals surface area (Å²) in [6.07, 6.45) is -1.56. The van der Waals surface area contributed by atoms with E-state index in [-0.39, 0.29) is 5.52 Å². The normalized spacial score (nSPS) is 10.5. The molecule has 3 rings (SSSR count). The Labute approximate surface area is 142 Å². The second-order valence-corrected chi connectivity index (χ2v) is 4.13. The third-order valence-corrected chi connectivity index (χ3v) is 2.79. The lowest BCUT2D eigenvalue weighted by molar-refractivity contribution is -0.140. The molecule has 0 spiro atoms. The monoisotopic (exact) mass is 359 g/mol. The molecule has 3 aromatic rings. The number of alkyl halides is 3. The quantitative estimate of drug-likeness (QED) is 0.481. The van der Waals surface area contributed by atoms with E-state index in [1.54, 1.807) is 6.26 Å². The van der Waals surface area contributed by atoms with Crippen molar-refractivity contribution < 1.29 is 17.6 Å². The minimum Gasteiger partial charge on any atom is -0.240 e. The number of hydrogen-bond acceptors (Lipinski definition) is 3. The van der Waals surface area contributed by atoms with Gasteiger partial charge in [-0.2, -0.15) is 30.9 Å². The number of hydrogen-bond donors (Lipinski definition) is 1. The lowest BCUT2D eigenvalue weighted by atomic mass is 10.3. The van der Waals surface area contributed by atoms with Crippen molar-refractivity contribution in [2.24, 2.45) is 0 Å². The summed E-state index contributed by atoms with van der Waals surface area (Å²) in [5, 5.41) is 3.98. The number of halogens is 4. The van der Waals surface area contributed by atoms with Crippen molar-refractivity contribution in [2.45, 2.75) is 20.0 Å². The molecule has 0 radical (unpaired) electrons. The van der Waals surface area contributed by atoms with E-state index >= 15 is 0 Å². The van der Waals surface area contributed by atoms with Gasteiger partial charge in [0.05, 0.1) is 17.4 Å². The molecule has 130 valence electrons. The molecule has 0 bridgehead atoms. The lowest BCUT2D eigenvalue weighted by Gasteiger charge is -2.06. The number of thiol groups is 1. The Kier molecular flexibility index (Phi) is 7.21. The first-order valence-corrected chi connectivity index (χ1v) is 7.97. The van der Waals surface area contributed by atoms with Crippen LogP contribution in [0.4, 0.5) is 17.6 Å². The maximum Gasteiger partial charge on any atom is 0.433 e. The van der Waals surface area contributed by atoms with Crippen LogP contribution in [0.2, 0.25) is 0 Å². The van der Waals surface area contributed by atoms with Gasteiger partial charge in [-0.1, -0.05) is 13.8 Å². The Morgan fingerprint density at radius 1 is 0.958 bits per heavy atom. The molecule has 1 aromatic carbocycles. The molecule has 0 atom stereocenters. The molecule has 0 aliphatic heterocycles. The van der Waals surface area contributed by atoms with Crippen LogP contribution in [0.3, 0.4) is 0 Å². The molecule has 0 unspecified atom stereocenters. The van der Waals surface area contributed by atoms with Gasteiger partial charge in [0.2, 0.25) is 0 Å².